The molecule has 3 aromatic rings. The van der Waals surface area contributed by atoms with E-state index in [9.17, 15) is 9.59 Å². The van der Waals surface area contributed by atoms with E-state index in [-0.39, 0.29) is 24.8 Å². The topological polar surface area (TPSA) is 86.1 Å². The molecule has 0 fully saturated rings. The number of aryl methyl sites for hydroxylation is 1. The van der Waals surface area contributed by atoms with Crippen LogP contribution in [0.2, 0.25) is 5.02 Å². The third-order valence-electron chi connectivity index (χ3n) is 4.28. The molecule has 0 spiro atoms. The Balaban J connectivity index is 1.34. The summed E-state index contributed by atoms with van der Waals surface area (Å²) in [4.78, 5) is 29.1. The Labute approximate surface area is 176 Å². The molecule has 0 radical (unpaired) electrons. The quantitative estimate of drug-likeness (QED) is 0.639. The minimum atomic E-state index is -0.539. The van der Waals surface area contributed by atoms with Gasteiger partial charge in [0.15, 0.2) is 11.0 Å². The summed E-state index contributed by atoms with van der Waals surface area (Å²) in [5, 5.41) is 7.60. The molecular weight excluding hydrogens is 412 g/mol. The molecule has 1 aliphatic heterocycles. The molecule has 9 heteroatoms. The van der Waals surface area contributed by atoms with E-state index in [0.29, 0.717) is 27.4 Å². The second-order valence-corrected chi connectivity index (χ2v) is 8.06. The van der Waals surface area contributed by atoms with Crippen molar-refractivity contribution in [2.45, 2.75) is 30.4 Å². The maximum absolute atomic E-state index is 12.6. The first kappa shape index (κ1) is 19.5. The number of anilines is 1. The van der Waals surface area contributed by atoms with Crippen LogP contribution < -0.4 is 10.1 Å². The van der Waals surface area contributed by atoms with Gasteiger partial charge in [-0.05, 0) is 42.8 Å². The maximum Gasteiger partial charge on any atom is 0.263 e. The largest absolute Gasteiger partial charge is 0.486 e. The molecule has 1 amide bonds. The molecule has 1 unspecified atom stereocenters. The monoisotopic (exact) mass is 428 g/mol. The Morgan fingerprint density at radius 3 is 2.79 bits per heavy atom. The van der Waals surface area contributed by atoms with Crippen LogP contribution in [0.15, 0.2) is 53.7 Å². The number of nitrogens with one attached hydrogen (secondary N) is 1. The maximum atomic E-state index is 12.6. The molecule has 0 bridgehead atoms. The highest BCUT2D eigenvalue weighted by atomic mass is 35.5. The van der Waals surface area contributed by atoms with Gasteiger partial charge >= 0.3 is 0 Å². The molecule has 2 heterocycles. The zero-order valence-electron chi connectivity index (χ0n) is 15.5. The molecule has 2 aromatic carbocycles. The third-order valence-corrected chi connectivity index (χ3v) is 5.83. The smallest absolute Gasteiger partial charge is 0.263 e. The summed E-state index contributed by atoms with van der Waals surface area (Å²) >= 11 is 7.24. The van der Waals surface area contributed by atoms with Crippen molar-refractivity contribution in [3.05, 3.63) is 64.9 Å². The Hall–Kier alpha value is -2.84. The zero-order chi connectivity index (χ0) is 20.4. The minimum absolute atomic E-state index is 0.0549. The Bertz CT molecular complexity index is 1070. The number of rotatable bonds is 6. The fourth-order valence-corrected chi connectivity index (χ4v) is 4.02. The molecular formula is C20H17ClN4O3S. The van der Waals surface area contributed by atoms with Gasteiger partial charge in [-0.15, -0.1) is 5.10 Å². The van der Waals surface area contributed by atoms with Gasteiger partial charge < -0.3 is 10.1 Å². The summed E-state index contributed by atoms with van der Waals surface area (Å²) in [6, 6.07) is 14.5. The van der Waals surface area contributed by atoms with Crippen molar-refractivity contribution in [1.82, 2.24) is 14.8 Å². The molecule has 0 aliphatic carbocycles. The molecule has 1 aromatic heterocycles. The number of benzene rings is 2. The van der Waals surface area contributed by atoms with Gasteiger partial charge in [0, 0.05) is 17.1 Å². The van der Waals surface area contributed by atoms with Crippen LogP contribution in [-0.4, -0.2) is 31.8 Å². The van der Waals surface area contributed by atoms with Crippen molar-refractivity contribution in [2.24, 2.45) is 0 Å². The number of amides is 1. The number of para-hydroxylation sites is 1. The summed E-state index contributed by atoms with van der Waals surface area (Å²) in [5.41, 5.74) is 1.60. The summed E-state index contributed by atoms with van der Waals surface area (Å²) in [6.07, 6.45) is 0.0549. The minimum Gasteiger partial charge on any atom is -0.486 e. The fourth-order valence-electron chi connectivity index (χ4n) is 2.82. The van der Waals surface area contributed by atoms with Gasteiger partial charge in [-0.25, -0.2) is 4.98 Å². The van der Waals surface area contributed by atoms with Gasteiger partial charge in [-0.1, -0.05) is 41.6 Å². The Morgan fingerprint density at radius 2 is 2.07 bits per heavy atom. The first-order valence-electron chi connectivity index (χ1n) is 8.90. The molecule has 4 rings (SSSR count). The number of thioether (sulfide) groups is 1. The predicted molar refractivity (Wildman–Crippen MR) is 111 cm³/mol. The number of aromatic nitrogens is 3. The molecule has 7 nitrogen and oxygen atoms in total. The van der Waals surface area contributed by atoms with Crippen LogP contribution in [0.5, 0.6) is 5.75 Å². The second-order valence-electron chi connectivity index (χ2n) is 6.49. The highest BCUT2D eigenvalue weighted by Gasteiger charge is 2.36. The molecule has 0 saturated heterocycles. The van der Waals surface area contributed by atoms with E-state index >= 15 is 0 Å². The lowest BCUT2D eigenvalue weighted by Gasteiger charge is -2.08. The van der Waals surface area contributed by atoms with Gasteiger partial charge in [0.2, 0.25) is 5.91 Å². The number of hydrogen-bond donors (Lipinski definition) is 1. The van der Waals surface area contributed by atoms with Gasteiger partial charge in [0.25, 0.3) is 5.91 Å². The van der Waals surface area contributed by atoms with Crippen LogP contribution >= 0.6 is 23.4 Å². The lowest BCUT2D eigenvalue weighted by molar-refractivity contribution is -0.116. The number of nitrogens with zero attached hydrogens (tertiary/aromatic N) is 3. The molecule has 1 atom stereocenters. The lowest BCUT2D eigenvalue weighted by Crippen LogP contribution is -2.25. The van der Waals surface area contributed by atoms with E-state index in [1.54, 1.807) is 24.3 Å². The van der Waals surface area contributed by atoms with E-state index in [1.165, 1.54) is 16.4 Å². The van der Waals surface area contributed by atoms with E-state index in [1.807, 2.05) is 31.2 Å². The summed E-state index contributed by atoms with van der Waals surface area (Å²) in [7, 11) is 0. The summed E-state index contributed by atoms with van der Waals surface area (Å²) < 4.78 is 6.92. The number of carbonyl (C=O) groups excluding carboxylic acids is 2. The number of carbonyl (C=O) groups is 2. The molecule has 148 valence electrons. The van der Waals surface area contributed by atoms with Crippen LogP contribution in [0.1, 0.15) is 22.6 Å². The molecule has 29 heavy (non-hydrogen) atoms. The van der Waals surface area contributed by atoms with Crippen LogP contribution in [0, 0.1) is 6.92 Å². The zero-order valence-corrected chi connectivity index (χ0v) is 17.0. The number of ether oxygens (including phenoxy) is 1. The third kappa shape index (κ3) is 4.44. The SMILES string of the molecule is Cc1cc(OCc2nc3n(n2)C(=O)C(CC(=O)Nc2ccccc2)S3)ccc1Cl. The Kier molecular flexibility index (Phi) is 5.55. The van der Waals surface area contributed by atoms with Gasteiger partial charge in [0.1, 0.15) is 17.6 Å². The molecule has 0 saturated carbocycles. The van der Waals surface area contributed by atoms with Crippen molar-refractivity contribution in [3.8, 4) is 5.75 Å². The van der Waals surface area contributed by atoms with Crippen molar-refractivity contribution in [2.75, 3.05) is 5.32 Å². The van der Waals surface area contributed by atoms with Crippen LogP contribution in [-0.2, 0) is 11.4 Å². The Morgan fingerprint density at radius 1 is 1.28 bits per heavy atom. The first-order chi connectivity index (χ1) is 14.0. The van der Waals surface area contributed by atoms with Crippen LogP contribution in [0.3, 0.4) is 0 Å². The number of hydrogen-bond acceptors (Lipinski definition) is 6. The van der Waals surface area contributed by atoms with E-state index in [4.69, 9.17) is 16.3 Å². The van der Waals surface area contributed by atoms with Crippen molar-refractivity contribution >= 4 is 40.9 Å². The van der Waals surface area contributed by atoms with Gasteiger partial charge in [-0.2, -0.15) is 4.68 Å². The second kappa shape index (κ2) is 8.26. The fraction of sp³-hybridized carbons (Fsp3) is 0.200. The predicted octanol–water partition coefficient (Wildman–Crippen LogP) is 3.96. The van der Waals surface area contributed by atoms with Crippen molar-refractivity contribution in [1.29, 1.82) is 0 Å². The lowest BCUT2D eigenvalue weighted by atomic mass is 10.2. The van der Waals surface area contributed by atoms with Gasteiger partial charge in [-0.3, -0.25) is 9.59 Å². The normalized spacial score (nSPS) is 15.2. The molecule has 1 aliphatic rings. The summed E-state index contributed by atoms with van der Waals surface area (Å²) in [5.74, 6) is 0.570. The van der Waals surface area contributed by atoms with Crippen molar-refractivity contribution in [3.63, 3.8) is 0 Å². The standard InChI is InChI=1S/C20H17ClN4O3S/c1-12-9-14(7-8-15(12)21)28-11-17-23-20-25(24-17)19(27)16(29-20)10-18(26)22-13-5-3-2-4-6-13/h2-9,16H,10-11H2,1H3,(H,22,26). The first-order valence-corrected chi connectivity index (χ1v) is 10.2. The number of halogens is 1. The van der Waals surface area contributed by atoms with Gasteiger partial charge in [0.05, 0.1) is 0 Å². The van der Waals surface area contributed by atoms with E-state index in [2.05, 4.69) is 15.4 Å². The number of fused-ring (bicyclic) bond motifs is 1. The van der Waals surface area contributed by atoms with Crippen LogP contribution in [0.25, 0.3) is 0 Å². The molecule has 1 N–H and O–H groups in total. The van der Waals surface area contributed by atoms with E-state index in [0.717, 1.165) is 5.56 Å². The highest BCUT2D eigenvalue weighted by molar-refractivity contribution is 8.00. The average molecular weight is 429 g/mol. The van der Waals surface area contributed by atoms with Crippen molar-refractivity contribution < 1.29 is 14.3 Å². The summed E-state index contributed by atoms with van der Waals surface area (Å²) in [6.45, 7) is 2.02. The average Bonchev–Trinajstić information content (AvgIpc) is 3.22. The van der Waals surface area contributed by atoms with E-state index < -0.39 is 5.25 Å². The highest BCUT2D eigenvalue weighted by Crippen LogP contribution is 2.32. The van der Waals surface area contributed by atoms with Crippen LogP contribution in [0.4, 0.5) is 5.69 Å².